The van der Waals surface area contributed by atoms with Crippen LogP contribution in [0.4, 0.5) is 5.69 Å². The SMILES string of the molecule is Oc1ccc(CNc2cccc3cnccc23)nc1. The number of anilines is 1. The van der Waals surface area contributed by atoms with Crippen LogP contribution in [0.25, 0.3) is 10.8 Å². The quantitative estimate of drug-likeness (QED) is 0.751. The molecule has 3 rings (SSSR count). The minimum atomic E-state index is 0.181. The molecule has 0 aliphatic carbocycles. The fourth-order valence-electron chi connectivity index (χ4n) is 1.98. The van der Waals surface area contributed by atoms with Crippen molar-refractivity contribution in [3.8, 4) is 5.75 Å². The molecule has 0 amide bonds. The van der Waals surface area contributed by atoms with Gasteiger partial charge in [-0.1, -0.05) is 12.1 Å². The fourth-order valence-corrected chi connectivity index (χ4v) is 1.98. The third-order valence-electron chi connectivity index (χ3n) is 2.95. The van der Waals surface area contributed by atoms with E-state index in [1.54, 1.807) is 18.3 Å². The molecule has 2 N–H and O–H groups in total. The number of nitrogens with one attached hydrogen (secondary N) is 1. The molecule has 94 valence electrons. The van der Waals surface area contributed by atoms with Crippen molar-refractivity contribution in [3.63, 3.8) is 0 Å². The van der Waals surface area contributed by atoms with Crippen LogP contribution in [0, 0.1) is 0 Å². The van der Waals surface area contributed by atoms with Crippen LogP contribution >= 0.6 is 0 Å². The standard InChI is InChI=1S/C15H13N3O/c19-13-5-4-12(17-10-13)9-18-15-3-1-2-11-8-16-7-6-14(11)15/h1-8,10,18-19H,9H2. The summed E-state index contributed by atoms with van der Waals surface area (Å²) in [6, 6.07) is 11.5. The topological polar surface area (TPSA) is 58.0 Å². The molecule has 4 nitrogen and oxygen atoms in total. The zero-order chi connectivity index (χ0) is 13.1. The number of aromatic hydroxyl groups is 1. The van der Waals surface area contributed by atoms with Crippen molar-refractivity contribution < 1.29 is 5.11 Å². The van der Waals surface area contributed by atoms with E-state index in [1.165, 1.54) is 6.20 Å². The second-order valence-corrected chi connectivity index (χ2v) is 4.26. The maximum absolute atomic E-state index is 9.19. The van der Waals surface area contributed by atoms with Crippen molar-refractivity contribution in [1.29, 1.82) is 0 Å². The first kappa shape index (κ1) is 11.5. The van der Waals surface area contributed by atoms with Crippen molar-refractivity contribution in [1.82, 2.24) is 9.97 Å². The van der Waals surface area contributed by atoms with E-state index in [0.717, 1.165) is 22.2 Å². The average molecular weight is 251 g/mol. The Balaban J connectivity index is 1.84. The molecule has 19 heavy (non-hydrogen) atoms. The lowest BCUT2D eigenvalue weighted by molar-refractivity contribution is 0.472. The largest absolute Gasteiger partial charge is 0.506 e. The predicted octanol–water partition coefficient (Wildman–Crippen LogP) is 2.95. The monoisotopic (exact) mass is 251 g/mol. The van der Waals surface area contributed by atoms with Gasteiger partial charge in [0.2, 0.25) is 0 Å². The molecule has 0 radical (unpaired) electrons. The zero-order valence-corrected chi connectivity index (χ0v) is 10.2. The van der Waals surface area contributed by atoms with E-state index >= 15 is 0 Å². The van der Waals surface area contributed by atoms with Crippen LogP contribution in [-0.4, -0.2) is 15.1 Å². The third kappa shape index (κ3) is 2.47. The van der Waals surface area contributed by atoms with E-state index in [9.17, 15) is 5.11 Å². The molecule has 1 aromatic carbocycles. The van der Waals surface area contributed by atoms with Crippen molar-refractivity contribution >= 4 is 16.5 Å². The highest BCUT2D eigenvalue weighted by atomic mass is 16.3. The molecule has 4 heteroatoms. The molecule has 0 fully saturated rings. The number of rotatable bonds is 3. The Morgan fingerprint density at radius 1 is 1.05 bits per heavy atom. The van der Waals surface area contributed by atoms with Gasteiger partial charge >= 0.3 is 0 Å². The van der Waals surface area contributed by atoms with Gasteiger partial charge in [-0.2, -0.15) is 0 Å². The highest BCUT2D eigenvalue weighted by Crippen LogP contribution is 2.22. The fraction of sp³-hybridized carbons (Fsp3) is 0.0667. The van der Waals surface area contributed by atoms with Gasteiger partial charge in [0, 0.05) is 28.9 Å². The van der Waals surface area contributed by atoms with Gasteiger partial charge in [0.1, 0.15) is 5.75 Å². The number of hydrogen-bond donors (Lipinski definition) is 2. The molecule has 0 unspecified atom stereocenters. The highest BCUT2D eigenvalue weighted by molar-refractivity contribution is 5.93. The summed E-state index contributed by atoms with van der Waals surface area (Å²) in [5.74, 6) is 0.181. The molecule has 0 aliphatic rings. The van der Waals surface area contributed by atoms with Gasteiger partial charge in [0.15, 0.2) is 0 Å². The Kier molecular flexibility index (Phi) is 2.98. The summed E-state index contributed by atoms with van der Waals surface area (Å²) in [4.78, 5) is 8.26. The number of hydrogen-bond acceptors (Lipinski definition) is 4. The minimum Gasteiger partial charge on any atom is -0.506 e. The van der Waals surface area contributed by atoms with Gasteiger partial charge in [-0.3, -0.25) is 9.97 Å². The predicted molar refractivity (Wildman–Crippen MR) is 75.0 cm³/mol. The summed E-state index contributed by atoms with van der Waals surface area (Å²) in [7, 11) is 0. The summed E-state index contributed by atoms with van der Waals surface area (Å²) in [6.45, 7) is 0.613. The molecule has 0 saturated heterocycles. The molecule has 0 atom stereocenters. The van der Waals surface area contributed by atoms with E-state index in [2.05, 4.69) is 15.3 Å². The van der Waals surface area contributed by atoms with Crippen LogP contribution in [0.15, 0.2) is 55.0 Å². The first-order valence-electron chi connectivity index (χ1n) is 6.03. The normalized spacial score (nSPS) is 10.5. The van der Waals surface area contributed by atoms with E-state index in [-0.39, 0.29) is 5.75 Å². The second-order valence-electron chi connectivity index (χ2n) is 4.26. The van der Waals surface area contributed by atoms with Crippen LogP contribution in [-0.2, 0) is 6.54 Å². The number of nitrogens with zero attached hydrogens (tertiary/aromatic N) is 2. The van der Waals surface area contributed by atoms with Gasteiger partial charge in [-0.25, -0.2) is 0 Å². The Hall–Kier alpha value is -2.62. The number of fused-ring (bicyclic) bond motifs is 1. The zero-order valence-electron chi connectivity index (χ0n) is 10.2. The van der Waals surface area contributed by atoms with Gasteiger partial charge < -0.3 is 10.4 Å². The van der Waals surface area contributed by atoms with E-state index < -0.39 is 0 Å². The summed E-state index contributed by atoms with van der Waals surface area (Å²) >= 11 is 0. The van der Waals surface area contributed by atoms with Crippen molar-refractivity contribution in [2.24, 2.45) is 0 Å². The van der Waals surface area contributed by atoms with Gasteiger partial charge in [-0.05, 0) is 24.3 Å². The van der Waals surface area contributed by atoms with Crippen LogP contribution in [0.1, 0.15) is 5.69 Å². The third-order valence-corrected chi connectivity index (χ3v) is 2.95. The molecule has 0 bridgehead atoms. The van der Waals surface area contributed by atoms with Crippen LogP contribution < -0.4 is 5.32 Å². The van der Waals surface area contributed by atoms with Gasteiger partial charge in [0.05, 0.1) is 18.4 Å². The maximum atomic E-state index is 9.19. The lowest BCUT2D eigenvalue weighted by Crippen LogP contribution is -2.01. The van der Waals surface area contributed by atoms with Crippen molar-refractivity contribution in [3.05, 3.63) is 60.7 Å². The molecule has 0 saturated carbocycles. The molecule has 2 aromatic heterocycles. The Morgan fingerprint density at radius 2 is 2.00 bits per heavy atom. The molecule has 2 heterocycles. The summed E-state index contributed by atoms with van der Waals surface area (Å²) in [5.41, 5.74) is 1.93. The number of benzene rings is 1. The lowest BCUT2D eigenvalue weighted by atomic mass is 10.1. The number of aromatic nitrogens is 2. The lowest BCUT2D eigenvalue weighted by Gasteiger charge is -2.09. The van der Waals surface area contributed by atoms with E-state index in [1.807, 2.05) is 30.5 Å². The Morgan fingerprint density at radius 3 is 2.84 bits per heavy atom. The molecule has 0 spiro atoms. The minimum absolute atomic E-state index is 0.181. The second kappa shape index (κ2) is 4.94. The van der Waals surface area contributed by atoms with E-state index in [0.29, 0.717) is 6.54 Å². The summed E-state index contributed by atoms with van der Waals surface area (Å²) < 4.78 is 0. The molecule has 3 aromatic rings. The molecule has 0 aliphatic heterocycles. The molecular formula is C15H13N3O. The Labute approximate surface area is 110 Å². The summed E-state index contributed by atoms with van der Waals surface area (Å²) in [6.07, 6.45) is 5.08. The van der Waals surface area contributed by atoms with Gasteiger partial charge in [-0.15, -0.1) is 0 Å². The summed E-state index contributed by atoms with van der Waals surface area (Å²) in [5, 5.41) is 14.8. The van der Waals surface area contributed by atoms with Crippen LogP contribution in [0.3, 0.4) is 0 Å². The first-order valence-corrected chi connectivity index (χ1v) is 6.03. The first-order chi connectivity index (χ1) is 9.33. The van der Waals surface area contributed by atoms with Gasteiger partial charge in [0.25, 0.3) is 0 Å². The number of pyridine rings is 2. The van der Waals surface area contributed by atoms with Crippen LogP contribution in [0.5, 0.6) is 5.75 Å². The van der Waals surface area contributed by atoms with Crippen LogP contribution in [0.2, 0.25) is 0 Å². The van der Waals surface area contributed by atoms with E-state index in [4.69, 9.17) is 0 Å². The van der Waals surface area contributed by atoms with Crippen molar-refractivity contribution in [2.75, 3.05) is 5.32 Å². The molecular weight excluding hydrogens is 238 g/mol. The smallest absolute Gasteiger partial charge is 0.133 e. The van der Waals surface area contributed by atoms with Crippen molar-refractivity contribution in [2.45, 2.75) is 6.54 Å². The Bertz CT molecular complexity index is 690. The average Bonchev–Trinajstić information content (AvgIpc) is 2.47. The maximum Gasteiger partial charge on any atom is 0.133 e. The highest BCUT2D eigenvalue weighted by Gasteiger charge is 2.01.